The van der Waals surface area contributed by atoms with E-state index in [2.05, 4.69) is 25.1 Å². The molecule has 0 heterocycles. The number of carbonyl (C=O) groups is 1. The van der Waals surface area contributed by atoms with E-state index in [-0.39, 0.29) is 5.78 Å². The zero-order valence-electron chi connectivity index (χ0n) is 12.5. The molecule has 2 aromatic rings. The van der Waals surface area contributed by atoms with Crippen LogP contribution in [0.25, 0.3) is 0 Å². The second-order valence-electron chi connectivity index (χ2n) is 4.99. The van der Waals surface area contributed by atoms with Crippen molar-refractivity contribution in [1.82, 2.24) is 0 Å². The topological polar surface area (TPSA) is 26.3 Å². The van der Waals surface area contributed by atoms with Gasteiger partial charge >= 0.3 is 0 Å². The molecule has 110 valence electrons. The summed E-state index contributed by atoms with van der Waals surface area (Å²) in [5.41, 5.74) is 2.40. The van der Waals surface area contributed by atoms with Crippen molar-refractivity contribution in [2.45, 2.75) is 24.7 Å². The highest BCUT2D eigenvalue weighted by molar-refractivity contribution is 8.00. The van der Waals surface area contributed by atoms with Gasteiger partial charge in [0, 0.05) is 11.3 Å². The Morgan fingerprint density at radius 3 is 2.57 bits per heavy atom. The Kier molecular flexibility index (Phi) is 5.88. The van der Waals surface area contributed by atoms with E-state index in [1.807, 2.05) is 30.3 Å². The fraction of sp³-hybridized carbons (Fsp3) is 0.278. The van der Waals surface area contributed by atoms with E-state index in [1.54, 1.807) is 18.9 Å². The van der Waals surface area contributed by atoms with Crippen molar-refractivity contribution in [3.63, 3.8) is 0 Å². The third kappa shape index (κ3) is 5.27. The van der Waals surface area contributed by atoms with Crippen LogP contribution in [0.1, 0.15) is 17.5 Å². The lowest BCUT2D eigenvalue weighted by atomic mass is 10.1. The number of benzene rings is 2. The van der Waals surface area contributed by atoms with Gasteiger partial charge in [-0.3, -0.25) is 4.79 Å². The van der Waals surface area contributed by atoms with E-state index >= 15 is 0 Å². The molecule has 2 aromatic carbocycles. The number of ketones is 1. The average molecular weight is 300 g/mol. The second kappa shape index (κ2) is 7.89. The minimum atomic E-state index is 0.289. The molecular formula is C18H20O2S. The van der Waals surface area contributed by atoms with E-state index in [0.29, 0.717) is 12.2 Å². The maximum Gasteiger partial charge on any atom is 0.143 e. The minimum absolute atomic E-state index is 0.289. The summed E-state index contributed by atoms with van der Waals surface area (Å²) < 4.78 is 5.12. The van der Waals surface area contributed by atoms with Crippen LogP contribution in [0.3, 0.4) is 0 Å². The molecule has 0 unspecified atom stereocenters. The van der Waals surface area contributed by atoms with E-state index in [1.165, 1.54) is 11.1 Å². The summed E-state index contributed by atoms with van der Waals surface area (Å²) in [6, 6.07) is 16.1. The van der Waals surface area contributed by atoms with E-state index in [0.717, 1.165) is 17.1 Å². The van der Waals surface area contributed by atoms with Gasteiger partial charge in [-0.25, -0.2) is 0 Å². The molecule has 0 amide bonds. The third-order valence-electron chi connectivity index (χ3n) is 3.24. The molecule has 0 N–H and O–H groups in total. The number of aryl methyl sites for hydroxylation is 2. The highest BCUT2D eigenvalue weighted by Crippen LogP contribution is 2.20. The Morgan fingerprint density at radius 2 is 1.90 bits per heavy atom. The molecule has 21 heavy (non-hydrogen) atoms. The van der Waals surface area contributed by atoms with Crippen molar-refractivity contribution in [2.75, 3.05) is 12.9 Å². The van der Waals surface area contributed by atoms with Crippen molar-refractivity contribution in [2.24, 2.45) is 0 Å². The number of rotatable bonds is 7. The zero-order valence-corrected chi connectivity index (χ0v) is 13.3. The molecule has 3 heteroatoms. The summed E-state index contributed by atoms with van der Waals surface area (Å²) in [7, 11) is 1.65. The summed E-state index contributed by atoms with van der Waals surface area (Å²) in [4.78, 5) is 13.1. The van der Waals surface area contributed by atoms with Crippen molar-refractivity contribution in [1.29, 1.82) is 0 Å². The molecule has 2 nitrogen and oxygen atoms in total. The predicted molar refractivity (Wildman–Crippen MR) is 88.2 cm³/mol. The maximum absolute atomic E-state index is 12.0. The Hall–Kier alpha value is -1.74. The summed E-state index contributed by atoms with van der Waals surface area (Å²) in [6.45, 7) is 2.07. The first-order valence-corrected chi connectivity index (χ1v) is 8.00. The van der Waals surface area contributed by atoms with Crippen LogP contribution in [0.4, 0.5) is 0 Å². The Labute approximate surface area is 130 Å². The number of hydrogen-bond acceptors (Lipinski definition) is 3. The van der Waals surface area contributed by atoms with Crippen molar-refractivity contribution in [3.05, 3.63) is 59.7 Å². The molecule has 0 aliphatic heterocycles. The normalized spacial score (nSPS) is 10.4. The molecule has 2 rings (SSSR count). The molecule has 0 bridgehead atoms. The lowest BCUT2D eigenvalue weighted by Crippen LogP contribution is -2.03. The fourth-order valence-electron chi connectivity index (χ4n) is 2.02. The lowest BCUT2D eigenvalue weighted by Gasteiger charge is -2.04. The van der Waals surface area contributed by atoms with E-state index in [4.69, 9.17) is 4.74 Å². The molecular weight excluding hydrogens is 280 g/mol. The minimum Gasteiger partial charge on any atom is -0.497 e. The van der Waals surface area contributed by atoms with Crippen LogP contribution in [0.5, 0.6) is 5.75 Å². The van der Waals surface area contributed by atoms with Crippen LogP contribution in [-0.2, 0) is 11.2 Å². The van der Waals surface area contributed by atoms with E-state index in [9.17, 15) is 4.79 Å². The van der Waals surface area contributed by atoms with Gasteiger partial charge in [0.1, 0.15) is 11.5 Å². The number of methoxy groups -OCH3 is 1. The van der Waals surface area contributed by atoms with Crippen LogP contribution in [-0.4, -0.2) is 18.6 Å². The SMILES string of the molecule is COc1ccc(CCC(=O)CSc2cccc(C)c2)cc1. The number of Topliss-reactive ketones (excluding diaryl/α,β-unsaturated/α-hetero) is 1. The van der Waals surface area contributed by atoms with Gasteiger partial charge in [-0.15, -0.1) is 11.8 Å². The van der Waals surface area contributed by atoms with Gasteiger partial charge in [-0.2, -0.15) is 0 Å². The van der Waals surface area contributed by atoms with Gasteiger partial charge < -0.3 is 4.74 Å². The van der Waals surface area contributed by atoms with Crippen LogP contribution >= 0.6 is 11.8 Å². The standard InChI is InChI=1S/C18H20O2S/c1-14-4-3-5-18(12-14)21-13-16(19)9-6-15-7-10-17(20-2)11-8-15/h3-5,7-8,10-12H,6,9,13H2,1-2H3. The maximum atomic E-state index is 12.0. The first kappa shape index (κ1) is 15.6. The van der Waals surface area contributed by atoms with Crippen molar-refractivity contribution < 1.29 is 9.53 Å². The van der Waals surface area contributed by atoms with Crippen LogP contribution in [0.2, 0.25) is 0 Å². The Bertz CT molecular complexity index is 590. The highest BCUT2D eigenvalue weighted by Gasteiger charge is 2.04. The van der Waals surface area contributed by atoms with Crippen LogP contribution < -0.4 is 4.74 Å². The molecule has 0 radical (unpaired) electrons. The second-order valence-corrected chi connectivity index (χ2v) is 6.04. The number of hydrogen-bond donors (Lipinski definition) is 0. The molecule has 0 saturated heterocycles. The summed E-state index contributed by atoms with van der Waals surface area (Å²) in [5, 5.41) is 0. The summed E-state index contributed by atoms with van der Waals surface area (Å²) >= 11 is 1.61. The van der Waals surface area contributed by atoms with Gasteiger partial charge in [-0.05, 0) is 43.2 Å². The first-order chi connectivity index (χ1) is 10.2. The fourth-order valence-corrected chi connectivity index (χ4v) is 2.93. The van der Waals surface area contributed by atoms with Gasteiger partial charge in [0.05, 0.1) is 12.9 Å². The Balaban J connectivity index is 1.76. The van der Waals surface area contributed by atoms with Gasteiger partial charge in [0.25, 0.3) is 0 Å². The van der Waals surface area contributed by atoms with Crippen molar-refractivity contribution in [3.8, 4) is 5.75 Å². The molecule has 0 aliphatic rings. The number of carbonyl (C=O) groups excluding carboxylic acids is 1. The smallest absolute Gasteiger partial charge is 0.143 e. The van der Waals surface area contributed by atoms with E-state index < -0.39 is 0 Å². The van der Waals surface area contributed by atoms with Crippen LogP contribution in [0.15, 0.2) is 53.4 Å². The highest BCUT2D eigenvalue weighted by atomic mass is 32.2. The Morgan fingerprint density at radius 1 is 1.14 bits per heavy atom. The summed E-state index contributed by atoms with van der Waals surface area (Å²) in [6.07, 6.45) is 1.38. The zero-order chi connectivity index (χ0) is 15.1. The van der Waals surface area contributed by atoms with Gasteiger partial charge in [0.15, 0.2) is 0 Å². The molecule has 0 fully saturated rings. The lowest BCUT2D eigenvalue weighted by molar-refractivity contribution is -0.116. The first-order valence-electron chi connectivity index (χ1n) is 7.01. The molecule has 0 saturated carbocycles. The number of thioether (sulfide) groups is 1. The predicted octanol–water partition coefficient (Wildman–Crippen LogP) is 4.30. The van der Waals surface area contributed by atoms with Gasteiger partial charge in [0.2, 0.25) is 0 Å². The number of ether oxygens (including phenoxy) is 1. The summed E-state index contributed by atoms with van der Waals surface area (Å²) in [5.74, 6) is 1.68. The van der Waals surface area contributed by atoms with Crippen LogP contribution in [0, 0.1) is 6.92 Å². The van der Waals surface area contributed by atoms with Crippen molar-refractivity contribution >= 4 is 17.5 Å². The van der Waals surface area contributed by atoms with Gasteiger partial charge in [-0.1, -0.05) is 29.8 Å². The monoisotopic (exact) mass is 300 g/mol. The largest absolute Gasteiger partial charge is 0.497 e. The molecule has 0 aromatic heterocycles. The molecule has 0 atom stereocenters. The quantitative estimate of drug-likeness (QED) is 0.713. The molecule has 0 aliphatic carbocycles. The third-order valence-corrected chi connectivity index (χ3v) is 4.29. The molecule has 0 spiro atoms. The average Bonchev–Trinajstić information content (AvgIpc) is 2.51.